The molecule has 0 N–H and O–H groups in total. The lowest BCUT2D eigenvalue weighted by Crippen LogP contribution is -2.16. The Bertz CT molecular complexity index is 710. The highest BCUT2D eigenvalue weighted by Gasteiger charge is 2.07. The molecule has 0 radical (unpaired) electrons. The monoisotopic (exact) mass is 281 g/mol. The Morgan fingerprint density at radius 2 is 1.75 bits per heavy atom. The maximum absolute atomic E-state index is 8.92. The average molecular weight is 282 g/mol. The van der Waals surface area contributed by atoms with E-state index in [0.717, 1.165) is 11.3 Å². The predicted octanol–water partition coefficient (Wildman–Crippen LogP) is 3.72. The second kappa shape index (κ2) is 6.10. The lowest BCUT2D eigenvalue weighted by atomic mass is 10.1. The Morgan fingerprint density at radius 1 is 1.05 bits per heavy atom. The van der Waals surface area contributed by atoms with Crippen LogP contribution in [0, 0.1) is 22.7 Å². The maximum Gasteiger partial charge on any atom is 0.0992 e. The van der Waals surface area contributed by atoms with Gasteiger partial charge in [0.1, 0.15) is 0 Å². The molecule has 0 unspecified atom stereocenters. The van der Waals surface area contributed by atoms with Crippen molar-refractivity contribution in [3.8, 4) is 12.1 Å². The molecule has 0 saturated carbocycles. The molecular formula is C16H12ClN3. The van der Waals surface area contributed by atoms with Crippen molar-refractivity contribution in [2.45, 2.75) is 6.54 Å². The summed E-state index contributed by atoms with van der Waals surface area (Å²) in [5, 5.41) is 18.3. The molecule has 0 heterocycles. The Labute approximate surface area is 123 Å². The summed E-state index contributed by atoms with van der Waals surface area (Å²) in [6.45, 7) is 0.611. The number of benzene rings is 2. The fraction of sp³-hybridized carbons (Fsp3) is 0.125. The van der Waals surface area contributed by atoms with Crippen molar-refractivity contribution in [3.05, 3.63) is 64.2 Å². The molecule has 3 nitrogen and oxygen atoms in total. The number of anilines is 1. The lowest BCUT2D eigenvalue weighted by Gasteiger charge is -2.20. The van der Waals surface area contributed by atoms with E-state index in [1.165, 1.54) is 0 Å². The molecule has 20 heavy (non-hydrogen) atoms. The van der Waals surface area contributed by atoms with Gasteiger partial charge in [0.25, 0.3) is 0 Å². The Morgan fingerprint density at radius 3 is 2.40 bits per heavy atom. The molecule has 2 aromatic rings. The van der Waals surface area contributed by atoms with Gasteiger partial charge in [-0.1, -0.05) is 23.7 Å². The van der Waals surface area contributed by atoms with Crippen LogP contribution in [-0.2, 0) is 6.54 Å². The number of hydrogen-bond acceptors (Lipinski definition) is 3. The predicted molar refractivity (Wildman–Crippen MR) is 79.4 cm³/mol. The number of hydrogen-bond donors (Lipinski definition) is 0. The number of halogens is 1. The van der Waals surface area contributed by atoms with Crippen molar-refractivity contribution in [3.63, 3.8) is 0 Å². The van der Waals surface area contributed by atoms with E-state index in [9.17, 15) is 0 Å². The Kier molecular flexibility index (Phi) is 4.25. The van der Waals surface area contributed by atoms with Crippen molar-refractivity contribution < 1.29 is 0 Å². The van der Waals surface area contributed by atoms with E-state index < -0.39 is 0 Å². The summed E-state index contributed by atoms with van der Waals surface area (Å²) in [7, 11) is 1.94. The van der Waals surface area contributed by atoms with Gasteiger partial charge in [-0.15, -0.1) is 0 Å². The fourth-order valence-corrected chi connectivity index (χ4v) is 2.15. The molecule has 0 aliphatic carbocycles. The quantitative estimate of drug-likeness (QED) is 0.861. The summed E-state index contributed by atoms with van der Waals surface area (Å²) in [5.74, 6) is 0. The first-order valence-electron chi connectivity index (χ1n) is 6.04. The molecule has 0 aromatic heterocycles. The first kappa shape index (κ1) is 13.9. The smallest absolute Gasteiger partial charge is 0.0992 e. The van der Waals surface area contributed by atoms with Gasteiger partial charge in [-0.3, -0.25) is 0 Å². The van der Waals surface area contributed by atoms with E-state index in [2.05, 4.69) is 12.1 Å². The minimum Gasteiger partial charge on any atom is -0.370 e. The van der Waals surface area contributed by atoms with Crippen molar-refractivity contribution in [2.24, 2.45) is 0 Å². The maximum atomic E-state index is 8.92. The molecule has 2 aromatic carbocycles. The molecule has 0 spiro atoms. The molecule has 4 heteroatoms. The zero-order valence-corrected chi connectivity index (χ0v) is 11.7. The van der Waals surface area contributed by atoms with Crippen LogP contribution in [-0.4, -0.2) is 7.05 Å². The van der Waals surface area contributed by atoms with Gasteiger partial charge in [-0.2, -0.15) is 10.5 Å². The molecule has 0 fully saturated rings. The van der Waals surface area contributed by atoms with E-state index in [1.807, 2.05) is 36.2 Å². The molecule has 98 valence electrons. The average Bonchev–Trinajstić information content (AvgIpc) is 2.49. The summed E-state index contributed by atoms with van der Waals surface area (Å²) in [5.41, 5.74) is 3.06. The molecular weight excluding hydrogens is 270 g/mol. The van der Waals surface area contributed by atoms with Crippen molar-refractivity contribution in [1.82, 2.24) is 0 Å². The van der Waals surface area contributed by atoms with E-state index >= 15 is 0 Å². The van der Waals surface area contributed by atoms with Gasteiger partial charge in [0.2, 0.25) is 0 Å². The SMILES string of the molecule is CN(Cc1ccc(C#N)cc1Cl)c1cccc(C#N)c1. The fourth-order valence-electron chi connectivity index (χ4n) is 1.90. The van der Waals surface area contributed by atoms with Crippen LogP contribution in [0.5, 0.6) is 0 Å². The summed E-state index contributed by atoms with van der Waals surface area (Å²) < 4.78 is 0. The molecule has 0 atom stereocenters. The van der Waals surface area contributed by atoms with Crippen LogP contribution in [0.4, 0.5) is 5.69 Å². The summed E-state index contributed by atoms with van der Waals surface area (Å²) >= 11 is 6.17. The van der Waals surface area contributed by atoms with Crippen molar-refractivity contribution >= 4 is 17.3 Å². The van der Waals surface area contributed by atoms with E-state index in [-0.39, 0.29) is 0 Å². The van der Waals surface area contributed by atoms with Gasteiger partial charge < -0.3 is 4.90 Å². The van der Waals surface area contributed by atoms with E-state index in [0.29, 0.717) is 22.7 Å². The number of nitriles is 2. The first-order chi connectivity index (χ1) is 9.63. The van der Waals surface area contributed by atoms with E-state index in [4.69, 9.17) is 22.1 Å². The van der Waals surface area contributed by atoms with Gasteiger partial charge in [-0.25, -0.2) is 0 Å². The Hall–Kier alpha value is -2.49. The standard InChI is InChI=1S/C16H12ClN3/c1-20(15-4-2-3-12(7-15)9-18)11-14-6-5-13(10-19)8-16(14)17/h2-8H,11H2,1H3. The first-order valence-corrected chi connectivity index (χ1v) is 6.41. The van der Waals surface area contributed by atoms with Gasteiger partial charge in [0.15, 0.2) is 0 Å². The van der Waals surface area contributed by atoms with Crippen LogP contribution in [0.15, 0.2) is 42.5 Å². The summed E-state index contributed by atoms with van der Waals surface area (Å²) in [4.78, 5) is 2.01. The van der Waals surface area contributed by atoms with Gasteiger partial charge >= 0.3 is 0 Å². The van der Waals surface area contributed by atoms with Gasteiger partial charge in [-0.05, 0) is 35.9 Å². The minimum atomic E-state index is 0.549. The van der Waals surface area contributed by atoms with Crippen LogP contribution in [0.1, 0.15) is 16.7 Å². The highest BCUT2D eigenvalue weighted by atomic mass is 35.5. The molecule has 0 bridgehead atoms. The molecule has 0 saturated heterocycles. The topological polar surface area (TPSA) is 50.8 Å². The van der Waals surface area contributed by atoms with E-state index in [1.54, 1.807) is 18.2 Å². The van der Waals surface area contributed by atoms with Crippen LogP contribution in [0.2, 0.25) is 5.02 Å². The minimum absolute atomic E-state index is 0.549. The van der Waals surface area contributed by atoms with Crippen LogP contribution < -0.4 is 4.90 Å². The zero-order chi connectivity index (χ0) is 14.5. The molecule has 0 aliphatic rings. The van der Waals surface area contributed by atoms with Gasteiger partial charge in [0.05, 0.1) is 23.3 Å². The third-order valence-electron chi connectivity index (χ3n) is 3.01. The van der Waals surface area contributed by atoms with Gasteiger partial charge in [0, 0.05) is 24.3 Å². The highest BCUT2D eigenvalue weighted by Crippen LogP contribution is 2.22. The number of nitrogens with zero attached hydrogens (tertiary/aromatic N) is 3. The molecule has 0 aliphatic heterocycles. The molecule has 2 rings (SSSR count). The zero-order valence-electron chi connectivity index (χ0n) is 11.0. The van der Waals surface area contributed by atoms with Crippen molar-refractivity contribution in [2.75, 3.05) is 11.9 Å². The van der Waals surface area contributed by atoms with Crippen LogP contribution in [0.25, 0.3) is 0 Å². The van der Waals surface area contributed by atoms with Crippen LogP contribution in [0.3, 0.4) is 0 Å². The normalized spacial score (nSPS) is 9.60. The molecule has 0 amide bonds. The second-order valence-corrected chi connectivity index (χ2v) is 4.84. The summed E-state index contributed by atoms with van der Waals surface area (Å²) in [6.07, 6.45) is 0. The highest BCUT2D eigenvalue weighted by molar-refractivity contribution is 6.31. The van der Waals surface area contributed by atoms with Crippen LogP contribution >= 0.6 is 11.6 Å². The Balaban J connectivity index is 2.21. The second-order valence-electron chi connectivity index (χ2n) is 4.44. The number of rotatable bonds is 3. The summed E-state index contributed by atoms with van der Waals surface area (Å²) in [6, 6.07) is 16.8. The lowest BCUT2D eigenvalue weighted by molar-refractivity contribution is 0.923. The third kappa shape index (κ3) is 3.09. The van der Waals surface area contributed by atoms with Crippen molar-refractivity contribution in [1.29, 1.82) is 10.5 Å². The third-order valence-corrected chi connectivity index (χ3v) is 3.36. The largest absolute Gasteiger partial charge is 0.370 e.